The standard InChI is InChI=1S/C12H23ClN2/c1-5-12(4)10-15(8-6-7-13)11(2,3)9-14-12/h6-7,14H,5,8-10H2,1-4H3/b7-6+. The summed E-state index contributed by atoms with van der Waals surface area (Å²) in [6.07, 6.45) is 3.18. The Morgan fingerprint density at radius 3 is 2.60 bits per heavy atom. The Bertz CT molecular complexity index is 238. The van der Waals surface area contributed by atoms with Crippen LogP contribution < -0.4 is 5.32 Å². The molecule has 3 heteroatoms. The summed E-state index contributed by atoms with van der Waals surface area (Å²) in [6.45, 7) is 12.1. The largest absolute Gasteiger partial charge is 0.308 e. The van der Waals surface area contributed by atoms with E-state index in [1.807, 2.05) is 6.08 Å². The number of nitrogens with zero attached hydrogens (tertiary/aromatic N) is 1. The van der Waals surface area contributed by atoms with Crippen molar-refractivity contribution in [2.45, 2.75) is 45.2 Å². The van der Waals surface area contributed by atoms with Gasteiger partial charge in [-0.15, -0.1) is 0 Å². The molecule has 2 nitrogen and oxygen atoms in total. The zero-order valence-electron chi connectivity index (χ0n) is 10.3. The molecule has 0 saturated carbocycles. The summed E-state index contributed by atoms with van der Waals surface area (Å²) >= 11 is 5.60. The van der Waals surface area contributed by atoms with Gasteiger partial charge in [0.25, 0.3) is 0 Å². The molecule has 1 aliphatic rings. The van der Waals surface area contributed by atoms with Gasteiger partial charge in [0.05, 0.1) is 0 Å². The van der Waals surface area contributed by atoms with Gasteiger partial charge in [0.2, 0.25) is 0 Å². The van der Waals surface area contributed by atoms with Crippen LogP contribution >= 0.6 is 11.6 Å². The minimum absolute atomic E-state index is 0.213. The minimum atomic E-state index is 0.213. The molecule has 1 unspecified atom stereocenters. The third-order valence-corrected chi connectivity index (χ3v) is 3.72. The molecule has 1 N–H and O–H groups in total. The molecule has 1 rings (SSSR count). The fourth-order valence-corrected chi connectivity index (χ4v) is 2.03. The van der Waals surface area contributed by atoms with Crippen molar-refractivity contribution in [3.05, 3.63) is 11.6 Å². The van der Waals surface area contributed by atoms with Gasteiger partial charge in [0.1, 0.15) is 0 Å². The first kappa shape index (κ1) is 13.0. The van der Waals surface area contributed by atoms with Crippen molar-refractivity contribution < 1.29 is 0 Å². The molecular formula is C12H23ClN2. The van der Waals surface area contributed by atoms with Crippen molar-refractivity contribution >= 4 is 11.6 Å². The molecule has 88 valence electrons. The second-order valence-electron chi connectivity index (χ2n) is 5.32. The highest BCUT2D eigenvalue weighted by Gasteiger charge is 2.38. The van der Waals surface area contributed by atoms with E-state index in [0.29, 0.717) is 0 Å². The highest BCUT2D eigenvalue weighted by Crippen LogP contribution is 2.25. The Hall–Kier alpha value is -0.0500. The molecular weight excluding hydrogens is 208 g/mol. The molecule has 0 aromatic carbocycles. The van der Waals surface area contributed by atoms with E-state index in [4.69, 9.17) is 11.6 Å². The van der Waals surface area contributed by atoms with Crippen molar-refractivity contribution in [2.75, 3.05) is 19.6 Å². The van der Waals surface area contributed by atoms with Crippen molar-refractivity contribution in [3.8, 4) is 0 Å². The molecule has 0 spiro atoms. The van der Waals surface area contributed by atoms with E-state index in [1.165, 1.54) is 0 Å². The summed E-state index contributed by atoms with van der Waals surface area (Å²) in [5, 5.41) is 3.64. The number of hydrogen-bond acceptors (Lipinski definition) is 2. The number of halogens is 1. The Balaban J connectivity index is 2.70. The Morgan fingerprint density at radius 2 is 2.07 bits per heavy atom. The van der Waals surface area contributed by atoms with E-state index in [1.54, 1.807) is 5.54 Å². The topological polar surface area (TPSA) is 15.3 Å². The summed E-state index contributed by atoms with van der Waals surface area (Å²) in [5.41, 5.74) is 2.07. The predicted octanol–water partition coefficient (Wildman–Crippen LogP) is 2.59. The molecule has 0 amide bonds. The maximum atomic E-state index is 5.60. The van der Waals surface area contributed by atoms with Crippen LogP contribution in [0.3, 0.4) is 0 Å². The molecule has 1 aliphatic heterocycles. The van der Waals surface area contributed by atoms with Crippen LogP contribution in [-0.2, 0) is 0 Å². The first-order chi connectivity index (χ1) is 6.93. The molecule has 1 fully saturated rings. The van der Waals surface area contributed by atoms with E-state index < -0.39 is 0 Å². The van der Waals surface area contributed by atoms with Gasteiger partial charge < -0.3 is 5.32 Å². The van der Waals surface area contributed by atoms with Crippen LogP contribution in [-0.4, -0.2) is 35.6 Å². The normalized spacial score (nSPS) is 32.3. The van der Waals surface area contributed by atoms with Crippen LogP contribution in [0.5, 0.6) is 0 Å². The molecule has 0 radical (unpaired) electrons. The third-order valence-electron chi connectivity index (χ3n) is 3.54. The maximum Gasteiger partial charge on any atom is 0.0281 e. The van der Waals surface area contributed by atoms with Crippen LogP contribution in [0.1, 0.15) is 34.1 Å². The van der Waals surface area contributed by atoms with Crippen molar-refractivity contribution in [3.63, 3.8) is 0 Å². The van der Waals surface area contributed by atoms with Gasteiger partial charge in [-0.1, -0.05) is 24.6 Å². The van der Waals surface area contributed by atoms with E-state index in [9.17, 15) is 0 Å². The molecule has 0 aliphatic carbocycles. The fourth-order valence-electron chi connectivity index (χ4n) is 1.95. The molecule has 0 aromatic rings. The SMILES string of the molecule is CCC1(C)CN(C/C=C/Cl)C(C)(C)CN1. The smallest absolute Gasteiger partial charge is 0.0281 e. The molecule has 1 saturated heterocycles. The Kier molecular flexibility index (Phi) is 4.21. The van der Waals surface area contributed by atoms with E-state index in [0.717, 1.165) is 26.1 Å². The first-order valence-electron chi connectivity index (χ1n) is 5.69. The quantitative estimate of drug-likeness (QED) is 0.802. The summed E-state index contributed by atoms with van der Waals surface area (Å²) in [7, 11) is 0. The first-order valence-corrected chi connectivity index (χ1v) is 6.12. The van der Waals surface area contributed by atoms with Gasteiger partial charge in [0.15, 0.2) is 0 Å². The lowest BCUT2D eigenvalue weighted by atomic mass is 9.88. The van der Waals surface area contributed by atoms with Crippen LogP contribution in [0.25, 0.3) is 0 Å². The van der Waals surface area contributed by atoms with Crippen LogP contribution in [0.15, 0.2) is 11.6 Å². The number of rotatable bonds is 3. The second-order valence-corrected chi connectivity index (χ2v) is 5.57. The van der Waals surface area contributed by atoms with Gasteiger partial charge in [0, 0.05) is 36.2 Å². The van der Waals surface area contributed by atoms with E-state index in [-0.39, 0.29) is 11.1 Å². The second kappa shape index (κ2) is 4.86. The van der Waals surface area contributed by atoms with E-state index in [2.05, 4.69) is 37.9 Å². The zero-order chi connectivity index (χ0) is 11.5. The zero-order valence-corrected chi connectivity index (χ0v) is 11.1. The van der Waals surface area contributed by atoms with Crippen molar-refractivity contribution in [1.29, 1.82) is 0 Å². The average Bonchev–Trinajstić information content (AvgIpc) is 2.20. The lowest BCUT2D eigenvalue weighted by Gasteiger charge is -2.50. The summed E-state index contributed by atoms with van der Waals surface area (Å²) < 4.78 is 0. The van der Waals surface area contributed by atoms with Gasteiger partial charge in [-0.25, -0.2) is 0 Å². The molecule has 0 bridgehead atoms. The number of nitrogens with one attached hydrogen (secondary N) is 1. The molecule has 15 heavy (non-hydrogen) atoms. The fraction of sp³-hybridized carbons (Fsp3) is 0.833. The highest BCUT2D eigenvalue weighted by atomic mass is 35.5. The summed E-state index contributed by atoms with van der Waals surface area (Å²) in [6, 6.07) is 0. The number of piperazine rings is 1. The van der Waals surface area contributed by atoms with Crippen molar-refractivity contribution in [1.82, 2.24) is 10.2 Å². The van der Waals surface area contributed by atoms with Gasteiger partial charge >= 0.3 is 0 Å². The van der Waals surface area contributed by atoms with Crippen LogP contribution in [0.2, 0.25) is 0 Å². The summed E-state index contributed by atoms with van der Waals surface area (Å²) in [5.74, 6) is 0. The summed E-state index contributed by atoms with van der Waals surface area (Å²) in [4.78, 5) is 2.49. The lowest BCUT2D eigenvalue weighted by Crippen LogP contribution is -2.66. The Labute approximate surface area is 98.7 Å². The predicted molar refractivity (Wildman–Crippen MR) is 67.3 cm³/mol. The Morgan fingerprint density at radius 1 is 1.40 bits per heavy atom. The molecule has 1 heterocycles. The van der Waals surface area contributed by atoms with Crippen molar-refractivity contribution in [2.24, 2.45) is 0 Å². The van der Waals surface area contributed by atoms with Gasteiger partial charge in [-0.05, 0) is 27.2 Å². The monoisotopic (exact) mass is 230 g/mol. The minimum Gasteiger partial charge on any atom is -0.308 e. The average molecular weight is 231 g/mol. The van der Waals surface area contributed by atoms with Gasteiger partial charge in [-0.3, -0.25) is 4.90 Å². The third kappa shape index (κ3) is 3.20. The van der Waals surface area contributed by atoms with Gasteiger partial charge in [-0.2, -0.15) is 0 Å². The lowest BCUT2D eigenvalue weighted by molar-refractivity contribution is 0.0415. The molecule has 0 aromatic heterocycles. The van der Waals surface area contributed by atoms with Crippen LogP contribution in [0.4, 0.5) is 0 Å². The van der Waals surface area contributed by atoms with Crippen LogP contribution in [0, 0.1) is 0 Å². The molecule has 1 atom stereocenters. The maximum absolute atomic E-state index is 5.60. The highest BCUT2D eigenvalue weighted by molar-refractivity contribution is 6.25. The number of hydrogen-bond donors (Lipinski definition) is 1. The van der Waals surface area contributed by atoms with E-state index >= 15 is 0 Å².